The molecule has 0 saturated carbocycles. The molecular formula is C35H40F3N3O6. The van der Waals surface area contributed by atoms with Crippen LogP contribution in [0, 0.1) is 0 Å². The van der Waals surface area contributed by atoms with Gasteiger partial charge in [-0.05, 0) is 68.5 Å². The molecule has 1 aliphatic rings. The van der Waals surface area contributed by atoms with Crippen LogP contribution in [0.5, 0.6) is 23.1 Å². The summed E-state index contributed by atoms with van der Waals surface area (Å²) < 4.78 is 67.3. The van der Waals surface area contributed by atoms with Gasteiger partial charge in [-0.1, -0.05) is 24.3 Å². The number of morpholine rings is 1. The van der Waals surface area contributed by atoms with Crippen molar-refractivity contribution in [3.05, 3.63) is 83.4 Å². The summed E-state index contributed by atoms with van der Waals surface area (Å²) in [4.78, 5) is 8.99. The van der Waals surface area contributed by atoms with Gasteiger partial charge in [0, 0.05) is 41.8 Å². The zero-order valence-electron chi connectivity index (χ0n) is 27.1. The van der Waals surface area contributed by atoms with Crippen LogP contribution in [0.2, 0.25) is 0 Å². The van der Waals surface area contributed by atoms with E-state index in [1.807, 2.05) is 43.3 Å². The van der Waals surface area contributed by atoms with Crippen molar-refractivity contribution in [2.75, 3.05) is 73.2 Å². The fraction of sp³-hybridized carbons (Fsp3) is 0.400. The van der Waals surface area contributed by atoms with Crippen LogP contribution in [0.4, 0.5) is 18.9 Å². The number of anilines is 1. The summed E-state index contributed by atoms with van der Waals surface area (Å²) in [6.45, 7) is 3.11. The minimum atomic E-state index is -4.92. The summed E-state index contributed by atoms with van der Waals surface area (Å²) in [5.74, 6) is -0.394. The van der Waals surface area contributed by atoms with Crippen LogP contribution in [-0.4, -0.2) is 89.6 Å². The molecule has 0 aliphatic carbocycles. The van der Waals surface area contributed by atoms with Crippen molar-refractivity contribution in [1.82, 2.24) is 9.88 Å². The smallest absolute Gasteiger partial charge is 0.493 e. The van der Waals surface area contributed by atoms with Crippen LogP contribution < -0.4 is 23.8 Å². The van der Waals surface area contributed by atoms with Gasteiger partial charge in [-0.15, -0.1) is 13.2 Å². The molecule has 2 atom stereocenters. The molecule has 252 valence electrons. The number of aromatic nitrogens is 1. The number of hydrogen-bond acceptors (Lipinski definition) is 9. The number of hydrogen-bond donors (Lipinski definition) is 1. The molecule has 5 rings (SSSR count). The summed E-state index contributed by atoms with van der Waals surface area (Å²) in [7, 11) is 8.22. The van der Waals surface area contributed by atoms with Crippen molar-refractivity contribution in [3.63, 3.8) is 0 Å². The fourth-order valence-corrected chi connectivity index (χ4v) is 6.18. The van der Waals surface area contributed by atoms with E-state index in [1.165, 1.54) is 39.5 Å². The highest BCUT2D eigenvalue weighted by Gasteiger charge is 2.44. The van der Waals surface area contributed by atoms with Gasteiger partial charge >= 0.3 is 6.36 Å². The molecule has 1 saturated heterocycles. The van der Waals surface area contributed by atoms with Crippen molar-refractivity contribution in [2.24, 2.45) is 0 Å². The first-order valence-corrected chi connectivity index (χ1v) is 15.2. The topological polar surface area (TPSA) is 85.8 Å². The molecule has 2 unspecified atom stereocenters. The molecule has 1 N–H and O–H groups in total. The maximum Gasteiger partial charge on any atom is 0.573 e. The average Bonchev–Trinajstić information content (AvgIpc) is 3.06. The van der Waals surface area contributed by atoms with Gasteiger partial charge in [0.25, 0.3) is 0 Å². The SMILES string of the molecule is COc1cccc(C(c2cc3cc(N4CCOCC4)ccc3nc2OC)C(O)(CCN(C)C)c2cccc(OC(F)(F)F)c2)c1OC. The Bertz CT molecular complexity index is 1680. The summed E-state index contributed by atoms with van der Waals surface area (Å²) >= 11 is 0. The van der Waals surface area contributed by atoms with Gasteiger partial charge in [-0.2, -0.15) is 0 Å². The van der Waals surface area contributed by atoms with Crippen LogP contribution in [-0.2, 0) is 10.3 Å². The molecule has 1 aliphatic heterocycles. The molecule has 3 aromatic carbocycles. The maximum absolute atomic E-state index is 13.4. The van der Waals surface area contributed by atoms with Crippen molar-refractivity contribution in [1.29, 1.82) is 0 Å². The zero-order valence-corrected chi connectivity index (χ0v) is 27.1. The van der Waals surface area contributed by atoms with E-state index in [0.29, 0.717) is 47.9 Å². The van der Waals surface area contributed by atoms with Crippen molar-refractivity contribution in [2.45, 2.75) is 24.3 Å². The highest BCUT2D eigenvalue weighted by Crippen LogP contribution is 2.52. The van der Waals surface area contributed by atoms with Crippen LogP contribution >= 0.6 is 0 Å². The van der Waals surface area contributed by atoms with Crippen LogP contribution in [0.3, 0.4) is 0 Å². The second-order valence-corrected chi connectivity index (χ2v) is 11.6. The highest BCUT2D eigenvalue weighted by molar-refractivity contribution is 5.84. The second-order valence-electron chi connectivity index (χ2n) is 11.6. The Hall–Kier alpha value is -4.26. The lowest BCUT2D eigenvalue weighted by Crippen LogP contribution is -2.38. The van der Waals surface area contributed by atoms with Gasteiger partial charge < -0.3 is 38.6 Å². The standard InChI is InChI=1S/C35H40F3N3O6/c1-40(2)15-14-34(42,24-8-6-9-26(22-24)47-35(36,37)38)31(27-10-7-11-30(43-3)32(27)44-4)28-21-23-20-25(41-16-18-46-19-17-41)12-13-29(23)39-33(28)45-5/h6-13,20-22,31,42H,14-19H2,1-5H3. The summed E-state index contributed by atoms with van der Waals surface area (Å²) in [5.41, 5.74) is 1.08. The third-order valence-electron chi connectivity index (χ3n) is 8.40. The number of halogens is 3. The average molecular weight is 656 g/mol. The van der Waals surface area contributed by atoms with E-state index < -0.39 is 23.6 Å². The van der Waals surface area contributed by atoms with E-state index in [0.717, 1.165) is 24.2 Å². The Balaban J connectivity index is 1.80. The number of aliphatic hydroxyl groups is 1. The van der Waals surface area contributed by atoms with E-state index in [2.05, 4.69) is 9.64 Å². The number of fused-ring (bicyclic) bond motifs is 1. The second kappa shape index (κ2) is 14.2. The van der Waals surface area contributed by atoms with Crippen LogP contribution in [0.1, 0.15) is 29.0 Å². The Morgan fingerprint density at radius 3 is 2.32 bits per heavy atom. The predicted molar refractivity (Wildman–Crippen MR) is 173 cm³/mol. The number of nitrogens with zero attached hydrogens (tertiary/aromatic N) is 3. The highest BCUT2D eigenvalue weighted by atomic mass is 19.4. The van der Waals surface area contributed by atoms with Crippen molar-refractivity contribution in [3.8, 4) is 23.1 Å². The fourth-order valence-electron chi connectivity index (χ4n) is 6.18. The minimum Gasteiger partial charge on any atom is -0.493 e. The van der Waals surface area contributed by atoms with Gasteiger partial charge in [0.15, 0.2) is 11.5 Å². The zero-order chi connectivity index (χ0) is 33.8. The third-order valence-corrected chi connectivity index (χ3v) is 8.40. The lowest BCUT2D eigenvalue weighted by Gasteiger charge is -2.39. The number of pyridine rings is 1. The van der Waals surface area contributed by atoms with E-state index in [1.54, 1.807) is 24.3 Å². The van der Waals surface area contributed by atoms with E-state index in [4.69, 9.17) is 23.9 Å². The predicted octanol–water partition coefficient (Wildman–Crippen LogP) is 5.97. The van der Waals surface area contributed by atoms with Gasteiger partial charge in [-0.25, -0.2) is 4.98 Å². The molecule has 2 heterocycles. The number of para-hydroxylation sites is 1. The first-order valence-electron chi connectivity index (χ1n) is 15.2. The number of methoxy groups -OCH3 is 3. The summed E-state index contributed by atoms with van der Waals surface area (Å²) in [6.07, 6.45) is -4.81. The van der Waals surface area contributed by atoms with Gasteiger partial charge in [0.2, 0.25) is 5.88 Å². The number of benzene rings is 3. The van der Waals surface area contributed by atoms with E-state index in [9.17, 15) is 18.3 Å². The molecule has 0 spiro atoms. The van der Waals surface area contributed by atoms with E-state index >= 15 is 0 Å². The molecule has 47 heavy (non-hydrogen) atoms. The van der Waals surface area contributed by atoms with Crippen molar-refractivity contribution < 1.29 is 42.0 Å². The molecule has 1 fully saturated rings. The molecule has 4 aromatic rings. The van der Waals surface area contributed by atoms with Gasteiger partial charge in [0.1, 0.15) is 11.4 Å². The third kappa shape index (κ3) is 7.50. The molecule has 0 bridgehead atoms. The molecule has 1 aromatic heterocycles. The Labute approximate surface area is 272 Å². The van der Waals surface area contributed by atoms with E-state index in [-0.39, 0.29) is 17.9 Å². The summed E-state index contributed by atoms with van der Waals surface area (Å²) in [6, 6.07) is 18.6. The lowest BCUT2D eigenvalue weighted by atomic mass is 9.71. The minimum absolute atomic E-state index is 0.107. The van der Waals surface area contributed by atoms with Crippen LogP contribution in [0.25, 0.3) is 10.9 Å². The molecule has 12 heteroatoms. The molecule has 0 amide bonds. The van der Waals surface area contributed by atoms with Gasteiger partial charge in [-0.3, -0.25) is 0 Å². The quantitative estimate of drug-likeness (QED) is 0.199. The Morgan fingerprint density at radius 2 is 1.66 bits per heavy atom. The molecular weight excluding hydrogens is 615 g/mol. The molecule has 0 radical (unpaired) electrons. The first-order chi connectivity index (χ1) is 22.5. The van der Waals surface area contributed by atoms with Gasteiger partial charge in [0.05, 0.1) is 46.0 Å². The Kier molecular flexibility index (Phi) is 10.3. The normalized spacial score (nSPS) is 15.7. The first kappa shape index (κ1) is 34.1. The molecule has 9 nitrogen and oxygen atoms in total. The largest absolute Gasteiger partial charge is 0.573 e. The number of ether oxygens (including phenoxy) is 5. The van der Waals surface area contributed by atoms with Crippen LogP contribution in [0.15, 0.2) is 66.7 Å². The summed E-state index contributed by atoms with van der Waals surface area (Å²) in [5, 5.41) is 13.9. The Morgan fingerprint density at radius 1 is 0.915 bits per heavy atom. The van der Waals surface area contributed by atoms with Crippen molar-refractivity contribution >= 4 is 16.6 Å². The maximum atomic E-state index is 13.4. The number of rotatable bonds is 12. The lowest BCUT2D eigenvalue weighted by molar-refractivity contribution is -0.274. The number of alkyl halides is 3. The monoisotopic (exact) mass is 655 g/mol.